The van der Waals surface area contributed by atoms with Gasteiger partial charge in [0.2, 0.25) is 0 Å². The summed E-state index contributed by atoms with van der Waals surface area (Å²) >= 11 is 0. The number of nitrogens with zero attached hydrogens (tertiary/aromatic N) is 2. The second-order valence-corrected chi connectivity index (χ2v) is 5.52. The lowest BCUT2D eigenvalue weighted by Crippen LogP contribution is -2.20. The molecule has 0 amide bonds. The van der Waals surface area contributed by atoms with Gasteiger partial charge in [-0.2, -0.15) is 5.26 Å². The summed E-state index contributed by atoms with van der Waals surface area (Å²) in [4.78, 5) is 0. The normalized spacial score (nSPS) is 12.2. The molecule has 0 saturated carbocycles. The maximum absolute atomic E-state index is 9.52. The molecular formula is C19H19N3. The number of hydrogen-bond acceptors (Lipinski definition) is 2. The monoisotopic (exact) mass is 289 g/mol. The fourth-order valence-electron chi connectivity index (χ4n) is 2.89. The number of nitriles is 1. The lowest BCUT2D eigenvalue weighted by molar-refractivity contribution is 0.559. The first-order valence-electron chi connectivity index (χ1n) is 7.47. The first-order chi connectivity index (χ1) is 10.7. The van der Waals surface area contributed by atoms with Gasteiger partial charge in [0.05, 0.1) is 11.3 Å². The molecule has 3 nitrogen and oxygen atoms in total. The largest absolute Gasteiger partial charge is 0.345 e. The fourth-order valence-corrected chi connectivity index (χ4v) is 2.89. The van der Waals surface area contributed by atoms with Gasteiger partial charge in [0.15, 0.2) is 0 Å². The second kappa shape index (κ2) is 6.05. The zero-order valence-corrected chi connectivity index (χ0v) is 12.9. The summed E-state index contributed by atoms with van der Waals surface area (Å²) in [6.45, 7) is 2.81. The Morgan fingerprint density at radius 3 is 2.50 bits per heavy atom. The smallest absolute Gasteiger partial charge is 0.102 e. The standard InChI is InChI=1S/C19H19N3/c1-14(15-8-4-3-5-9-15)21-13-19-17(12-20)16-10-6-7-11-18(16)22(19)2/h3-11,14,21H,13H2,1-2H3. The van der Waals surface area contributed by atoms with Crippen molar-refractivity contribution < 1.29 is 0 Å². The molecule has 3 rings (SSSR count). The third-order valence-electron chi connectivity index (χ3n) is 4.22. The van der Waals surface area contributed by atoms with Crippen molar-refractivity contribution in [2.24, 2.45) is 7.05 Å². The van der Waals surface area contributed by atoms with Crippen molar-refractivity contribution in [3.05, 3.63) is 71.4 Å². The second-order valence-electron chi connectivity index (χ2n) is 5.52. The first-order valence-corrected chi connectivity index (χ1v) is 7.47. The molecule has 0 saturated heterocycles. The van der Waals surface area contributed by atoms with E-state index in [-0.39, 0.29) is 6.04 Å². The average Bonchev–Trinajstić information content (AvgIpc) is 2.85. The Hall–Kier alpha value is -2.57. The molecule has 3 aromatic rings. The molecule has 0 fully saturated rings. The molecule has 110 valence electrons. The highest BCUT2D eigenvalue weighted by Crippen LogP contribution is 2.25. The Morgan fingerprint density at radius 2 is 1.77 bits per heavy atom. The van der Waals surface area contributed by atoms with E-state index < -0.39 is 0 Å². The molecule has 22 heavy (non-hydrogen) atoms. The van der Waals surface area contributed by atoms with Crippen molar-refractivity contribution in [1.82, 2.24) is 9.88 Å². The summed E-state index contributed by atoms with van der Waals surface area (Å²) in [5.74, 6) is 0. The van der Waals surface area contributed by atoms with E-state index in [1.54, 1.807) is 0 Å². The summed E-state index contributed by atoms with van der Waals surface area (Å²) in [5.41, 5.74) is 4.15. The van der Waals surface area contributed by atoms with Gasteiger partial charge >= 0.3 is 0 Å². The predicted octanol–water partition coefficient (Wildman–Crippen LogP) is 3.90. The SMILES string of the molecule is CC(NCc1c(C#N)c2ccccc2n1C)c1ccccc1. The molecule has 1 atom stereocenters. The molecule has 1 unspecified atom stereocenters. The van der Waals surface area contributed by atoms with Crippen LogP contribution >= 0.6 is 0 Å². The summed E-state index contributed by atoms with van der Waals surface area (Å²) in [7, 11) is 2.02. The Kier molecular flexibility index (Phi) is 3.95. The van der Waals surface area contributed by atoms with E-state index in [0.717, 1.165) is 22.2 Å². The molecule has 1 N–H and O–H groups in total. The summed E-state index contributed by atoms with van der Waals surface area (Å²) in [5, 5.41) is 14.1. The molecule has 1 aromatic heterocycles. The van der Waals surface area contributed by atoms with E-state index in [4.69, 9.17) is 0 Å². The number of aromatic nitrogens is 1. The lowest BCUT2D eigenvalue weighted by atomic mass is 10.1. The maximum Gasteiger partial charge on any atom is 0.102 e. The highest BCUT2D eigenvalue weighted by atomic mass is 15.0. The number of aryl methyl sites for hydroxylation is 1. The van der Waals surface area contributed by atoms with E-state index in [1.165, 1.54) is 5.56 Å². The third-order valence-corrected chi connectivity index (χ3v) is 4.22. The predicted molar refractivity (Wildman–Crippen MR) is 89.3 cm³/mol. The molecule has 0 radical (unpaired) electrons. The maximum atomic E-state index is 9.52. The quantitative estimate of drug-likeness (QED) is 0.791. The van der Waals surface area contributed by atoms with Gasteiger partial charge in [0.1, 0.15) is 6.07 Å². The molecular weight excluding hydrogens is 270 g/mol. The van der Waals surface area contributed by atoms with Crippen molar-refractivity contribution in [2.75, 3.05) is 0 Å². The number of nitrogens with one attached hydrogen (secondary N) is 1. The Bertz CT molecular complexity index is 825. The molecule has 0 spiro atoms. The van der Waals surface area contributed by atoms with Crippen LogP contribution in [0.5, 0.6) is 0 Å². The van der Waals surface area contributed by atoms with Crippen LogP contribution in [0.25, 0.3) is 10.9 Å². The van der Waals surface area contributed by atoms with Crippen molar-refractivity contribution in [3.8, 4) is 6.07 Å². The molecule has 0 aliphatic carbocycles. The minimum Gasteiger partial charge on any atom is -0.345 e. The van der Waals surface area contributed by atoms with Gasteiger partial charge in [0, 0.05) is 30.5 Å². The van der Waals surface area contributed by atoms with E-state index in [0.29, 0.717) is 6.54 Å². The molecule has 2 aromatic carbocycles. The number of rotatable bonds is 4. The topological polar surface area (TPSA) is 40.8 Å². The van der Waals surface area contributed by atoms with Gasteiger partial charge in [-0.05, 0) is 18.6 Å². The first kappa shape index (κ1) is 14.4. The van der Waals surface area contributed by atoms with Crippen LogP contribution in [0.4, 0.5) is 0 Å². The van der Waals surface area contributed by atoms with Gasteiger partial charge in [-0.3, -0.25) is 0 Å². The van der Waals surface area contributed by atoms with E-state index in [2.05, 4.69) is 41.1 Å². The molecule has 0 bridgehead atoms. The highest BCUT2D eigenvalue weighted by molar-refractivity contribution is 5.88. The zero-order chi connectivity index (χ0) is 15.5. The fraction of sp³-hybridized carbons (Fsp3) is 0.211. The lowest BCUT2D eigenvalue weighted by Gasteiger charge is -2.15. The number of benzene rings is 2. The zero-order valence-electron chi connectivity index (χ0n) is 12.9. The summed E-state index contributed by atoms with van der Waals surface area (Å²) < 4.78 is 2.11. The molecule has 1 heterocycles. The average molecular weight is 289 g/mol. The molecule has 3 heteroatoms. The number of hydrogen-bond donors (Lipinski definition) is 1. The minimum absolute atomic E-state index is 0.241. The van der Waals surface area contributed by atoms with Crippen LogP contribution in [-0.2, 0) is 13.6 Å². The van der Waals surface area contributed by atoms with Crippen molar-refractivity contribution >= 4 is 10.9 Å². The van der Waals surface area contributed by atoms with Crippen molar-refractivity contribution in [3.63, 3.8) is 0 Å². The van der Waals surface area contributed by atoms with Gasteiger partial charge in [-0.1, -0.05) is 48.5 Å². The summed E-state index contributed by atoms with van der Waals surface area (Å²) in [6.07, 6.45) is 0. The van der Waals surface area contributed by atoms with Gasteiger partial charge in [-0.25, -0.2) is 0 Å². The van der Waals surface area contributed by atoms with Crippen LogP contribution in [0, 0.1) is 11.3 Å². The van der Waals surface area contributed by atoms with Crippen LogP contribution < -0.4 is 5.32 Å². The van der Waals surface area contributed by atoms with Gasteiger partial charge < -0.3 is 9.88 Å². The minimum atomic E-state index is 0.241. The van der Waals surface area contributed by atoms with Crippen molar-refractivity contribution in [2.45, 2.75) is 19.5 Å². The van der Waals surface area contributed by atoms with E-state index in [9.17, 15) is 5.26 Å². The van der Waals surface area contributed by atoms with Crippen LogP contribution in [0.15, 0.2) is 54.6 Å². The highest BCUT2D eigenvalue weighted by Gasteiger charge is 2.15. The Labute approximate surface area is 130 Å². The van der Waals surface area contributed by atoms with Crippen LogP contribution in [0.1, 0.15) is 29.8 Å². The van der Waals surface area contributed by atoms with Crippen LogP contribution in [0.3, 0.4) is 0 Å². The van der Waals surface area contributed by atoms with E-state index in [1.807, 2.05) is 43.4 Å². The van der Waals surface area contributed by atoms with Crippen LogP contribution in [-0.4, -0.2) is 4.57 Å². The van der Waals surface area contributed by atoms with Gasteiger partial charge in [0.25, 0.3) is 0 Å². The number of para-hydroxylation sites is 1. The Morgan fingerprint density at radius 1 is 1.09 bits per heavy atom. The molecule has 0 aliphatic rings. The third kappa shape index (κ3) is 2.49. The number of fused-ring (bicyclic) bond motifs is 1. The summed E-state index contributed by atoms with van der Waals surface area (Å²) in [6, 6.07) is 21.0. The Balaban J connectivity index is 1.88. The van der Waals surface area contributed by atoms with E-state index >= 15 is 0 Å². The molecule has 0 aliphatic heterocycles. The van der Waals surface area contributed by atoms with Crippen LogP contribution in [0.2, 0.25) is 0 Å². The van der Waals surface area contributed by atoms with Crippen molar-refractivity contribution in [1.29, 1.82) is 5.26 Å². The van der Waals surface area contributed by atoms with Gasteiger partial charge in [-0.15, -0.1) is 0 Å².